The standard InChI is InChI=1S/C21H21ClF4N4O3/c22-18-17(27-19-13(21(24,25)26)5-11(8-30(18)19)10-1-2-10)20(33)28-3-4-29(16(32)9-28)12-6-14(23)15(31)7-12/h5,8,10,12,14-15,31H,1-4,6-7,9H2. The molecule has 3 atom stereocenters. The van der Waals surface area contributed by atoms with E-state index in [9.17, 15) is 32.3 Å². The van der Waals surface area contributed by atoms with Gasteiger partial charge >= 0.3 is 6.18 Å². The number of aliphatic hydroxyl groups is 1. The molecule has 1 saturated heterocycles. The van der Waals surface area contributed by atoms with E-state index in [0.717, 1.165) is 23.3 Å². The second kappa shape index (κ2) is 7.83. The lowest BCUT2D eigenvalue weighted by Gasteiger charge is -2.37. The summed E-state index contributed by atoms with van der Waals surface area (Å²) >= 11 is 6.31. The number of aromatic nitrogens is 2. The van der Waals surface area contributed by atoms with Crippen LogP contribution in [0.25, 0.3) is 5.65 Å². The Bertz CT molecular complexity index is 1120. The molecule has 3 fully saturated rings. The van der Waals surface area contributed by atoms with Crippen LogP contribution in [0.3, 0.4) is 0 Å². The number of amides is 2. The van der Waals surface area contributed by atoms with Crippen LogP contribution in [0, 0.1) is 0 Å². The van der Waals surface area contributed by atoms with Gasteiger partial charge in [0.1, 0.15) is 17.9 Å². The first-order chi connectivity index (χ1) is 15.5. The van der Waals surface area contributed by atoms with E-state index in [1.807, 2.05) is 0 Å². The molecule has 12 heteroatoms. The fraction of sp³-hybridized carbons (Fsp3) is 0.571. The van der Waals surface area contributed by atoms with Crippen molar-refractivity contribution in [2.75, 3.05) is 19.6 Å². The van der Waals surface area contributed by atoms with Gasteiger partial charge in [0.05, 0.1) is 11.7 Å². The van der Waals surface area contributed by atoms with Crippen molar-refractivity contribution in [2.24, 2.45) is 0 Å². The van der Waals surface area contributed by atoms with Crippen LogP contribution < -0.4 is 0 Å². The van der Waals surface area contributed by atoms with Crippen molar-refractivity contribution in [3.05, 3.63) is 34.2 Å². The molecule has 1 N–H and O–H groups in total. The number of hydrogen-bond acceptors (Lipinski definition) is 4. The molecule has 2 aromatic rings. The number of fused-ring (bicyclic) bond motifs is 1. The quantitative estimate of drug-likeness (QED) is 0.674. The number of carbonyl (C=O) groups is 2. The molecule has 0 spiro atoms. The van der Waals surface area contributed by atoms with Gasteiger partial charge < -0.3 is 14.9 Å². The Morgan fingerprint density at radius 2 is 1.94 bits per heavy atom. The summed E-state index contributed by atoms with van der Waals surface area (Å²) in [5.41, 5.74) is -1.29. The average Bonchev–Trinajstić information content (AvgIpc) is 3.48. The number of nitrogens with zero attached hydrogens (tertiary/aromatic N) is 4. The van der Waals surface area contributed by atoms with E-state index in [4.69, 9.17) is 11.6 Å². The van der Waals surface area contributed by atoms with Crippen LogP contribution in [0.2, 0.25) is 5.15 Å². The Hall–Kier alpha value is -2.40. The molecule has 2 aromatic heterocycles. The number of piperazine rings is 1. The molecule has 2 aliphatic carbocycles. The molecule has 0 bridgehead atoms. The predicted molar refractivity (Wildman–Crippen MR) is 109 cm³/mol. The van der Waals surface area contributed by atoms with Crippen molar-refractivity contribution < 1.29 is 32.3 Å². The zero-order chi connectivity index (χ0) is 23.7. The van der Waals surface area contributed by atoms with Gasteiger partial charge in [-0.05, 0) is 36.8 Å². The molecule has 33 heavy (non-hydrogen) atoms. The molecule has 1 aliphatic heterocycles. The Labute approximate surface area is 190 Å². The molecule has 3 unspecified atom stereocenters. The first kappa shape index (κ1) is 22.4. The SMILES string of the molecule is O=C(c1nc2c(C(F)(F)F)cc(C3CC3)cn2c1Cl)N1CCN(C2CC(O)C(F)C2)C(=O)C1. The number of hydrogen-bond donors (Lipinski definition) is 1. The number of aliphatic hydroxyl groups excluding tert-OH is 1. The fourth-order valence-corrected chi connectivity index (χ4v) is 4.96. The van der Waals surface area contributed by atoms with Crippen LogP contribution in [0.4, 0.5) is 17.6 Å². The van der Waals surface area contributed by atoms with Gasteiger partial charge in [-0.2, -0.15) is 13.2 Å². The van der Waals surface area contributed by atoms with Gasteiger partial charge in [0.15, 0.2) is 11.3 Å². The fourth-order valence-electron chi connectivity index (χ4n) is 4.71. The second-order valence-corrected chi connectivity index (χ2v) is 9.28. The number of rotatable bonds is 3. The molecule has 3 heterocycles. The summed E-state index contributed by atoms with van der Waals surface area (Å²) in [4.78, 5) is 32.3. The minimum Gasteiger partial charge on any atom is -0.390 e. The lowest BCUT2D eigenvalue weighted by molar-refractivity contribution is -0.138. The largest absolute Gasteiger partial charge is 0.419 e. The Balaban J connectivity index is 1.41. The Morgan fingerprint density at radius 3 is 2.52 bits per heavy atom. The van der Waals surface area contributed by atoms with E-state index in [1.54, 1.807) is 0 Å². The summed E-state index contributed by atoms with van der Waals surface area (Å²) in [5.74, 6) is -1.14. The van der Waals surface area contributed by atoms with E-state index in [2.05, 4.69) is 4.98 Å². The first-order valence-corrected chi connectivity index (χ1v) is 11.1. The molecule has 0 aromatic carbocycles. The van der Waals surface area contributed by atoms with Crippen LogP contribution in [-0.4, -0.2) is 74.1 Å². The minimum atomic E-state index is -4.68. The lowest BCUT2D eigenvalue weighted by atomic mass is 10.1. The maximum Gasteiger partial charge on any atom is 0.419 e. The van der Waals surface area contributed by atoms with E-state index < -0.39 is 47.5 Å². The van der Waals surface area contributed by atoms with Gasteiger partial charge in [-0.3, -0.25) is 14.0 Å². The van der Waals surface area contributed by atoms with Gasteiger partial charge in [-0.1, -0.05) is 11.6 Å². The third kappa shape index (κ3) is 3.95. The van der Waals surface area contributed by atoms with Crippen molar-refractivity contribution in [1.82, 2.24) is 19.2 Å². The third-order valence-electron chi connectivity index (χ3n) is 6.65. The smallest absolute Gasteiger partial charge is 0.390 e. The molecular formula is C21H21ClF4N4O3. The first-order valence-electron chi connectivity index (χ1n) is 10.7. The minimum absolute atomic E-state index is 0.0249. The molecule has 178 valence electrons. The van der Waals surface area contributed by atoms with E-state index in [0.29, 0.717) is 5.56 Å². The summed E-state index contributed by atoms with van der Waals surface area (Å²) in [5, 5.41) is 9.39. The molecule has 0 radical (unpaired) electrons. The highest BCUT2D eigenvalue weighted by Crippen LogP contribution is 2.43. The number of alkyl halides is 4. The van der Waals surface area contributed by atoms with E-state index in [1.165, 1.54) is 16.0 Å². The van der Waals surface area contributed by atoms with Crippen molar-refractivity contribution in [1.29, 1.82) is 0 Å². The maximum absolute atomic E-state index is 13.7. The van der Waals surface area contributed by atoms with Crippen molar-refractivity contribution >= 4 is 29.1 Å². The molecule has 7 nitrogen and oxygen atoms in total. The summed E-state index contributed by atoms with van der Waals surface area (Å²) in [6.07, 6.45) is -3.99. The van der Waals surface area contributed by atoms with Crippen LogP contribution in [0.1, 0.15) is 53.2 Å². The Morgan fingerprint density at radius 1 is 1.21 bits per heavy atom. The van der Waals surface area contributed by atoms with Crippen LogP contribution in [0.15, 0.2) is 12.3 Å². The zero-order valence-corrected chi connectivity index (χ0v) is 18.1. The summed E-state index contributed by atoms with van der Waals surface area (Å²) < 4.78 is 55.8. The summed E-state index contributed by atoms with van der Waals surface area (Å²) in [6, 6.07) is 0.606. The molecule has 2 amide bonds. The monoisotopic (exact) mass is 488 g/mol. The third-order valence-corrected chi connectivity index (χ3v) is 7.01. The summed E-state index contributed by atoms with van der Waals surface area (Å²) in [6.45, 7) is -0.108. The second-order valence-electron chi connectivity index (χ2n) is 8.93. The molecule has 3 aliphatic rings. The Kier molecular flexibility index (Phi) is 5.32. The van der Waals surface area contributed by atoms with E-state index in [-0.39, 0.29) is 49.2 Å². The van der Waals surface area contributed by atoms with E-state index >= 15 is 0 Å². The lowest BCUT2D eigenvalue weighted by Crippen LogP contribution is -2.55. The number of imidazole rings is 1. The number of halogens is 5. The highest BCUT2D eigenvalue weighted by atomic mass is 35.5. The highest BCUT2D eigenvalue weighted by molar-refractivity contribution is 6.33. The van der Waals surface area contributed by atoms with Gasteiger partial charge in [-0.15, -0.1) is 0 Å². The normalized spacial score (nSPS) is 26.5. The molecular weight excluding hydrogens is 468 g/mol. The molecule has 2 saturated carbocycles. The van der Waals surface area contributed by atoms with Crippen LogP contribution in [-0.2, 0) is 11.0 Å². The van der Waals surface area contributed by atoms with Gasteiger partial charge in [0.2, 0.25) is 5.91 Å². The number of pyridine rings is 1. The molecule has 5 rings (SSSR count). The van der Waals surface area contributed by atoms with Gasteiger partial charge in [0.25, 0.3) is 5.91 Å². The van der Waals surface area contributed by atoms with Crippen molar-refractivity contribution in [3.8, 4) is 0 Å². The van der Waals surface area contributed by atoms with Crippen molar-refractivity contribution in [3.63, 3.8) is 0 Å². The maximum atomic E-state index is 13.7. The highest BCUT2D eigenvalue weighted by Gasteiger charge is 2.42. The van der Waals surface area contributed by atoms with Gasteiger partial charge in [-0.25, -0.2) is 9.37 Å². The predicted octanol–water partition coefficient (Wildman–Crippen LogP) is 3.03. The topological polar surface area (TPSA) is 78.2 Å². The van der Waals surface area contributed by atoms with Gasteiger partial charge in [0, 0.05) is 31.7 Å². The zero-order valence-electron chi connectivity index (χ0n) is 17.4. The summed E-state index contributed by atoms with van der Waals surface area (Å²) in [7, 11) is 0. The average molecular weight is 489 g/mol. The van der Waals surface area contributed by atoms with Crippen LogP contribution in [0.5, 0.6) is 0 Å². The van der Waals surface area contributed by atoms with Crippen LogP contribution >= 0.6 is 11.6 Å². The number of carbonyl (C=O) groups excluding carboxylic acids is 2. The van der Waals surface area contributed by atoms with Crippen molar-refractivity contribution in [2.45, 2.75) is 56.1 Å².